The molecule has 0 bridgehead atoms. The third-order valence-corrected chi connectivity index (χ3v) is 6.46. The molecule has 4 N–H and O–H groups in total. The van der Waals surface area contributed by atoms with E-state index in [-0.39, 0.29) is 17.3 Å². The first kappa shape index (κ1) is 21.3. The summed E-state index contributed by atoms with van der Waals surface area (Å²) >= 11 is 0. The predicted octanol–water partition coefficient (Wildman–Crippen LogP) is 0.493. The molecular formula is C19H26N4O5S. The van der Waals surface area contributed by atoms with Gasteiger partial charge < -0.3 is 10.6 Å². The van der Waals surface area contributed by atoms with E-state index in [2.05, 4.69) is 17.6 Å². The van der Waals surface area contributed by atoms with Crippen molar-refractivity contribution < 1.29 is 22.8 Å². The van der Waals surface area contributed by atoms with Crippen molar-refractivity contribution >= 4 is 27.9 Å². The predicted molar refractivity (Wildman–Crippen MR) is 105 cm³/mol. The first-order chi connectivity index (χ1) is 13.6. The summed E-state index contributed by atoms with van der Waals surface area (Å²) in [7, 11) is -3.74. The topological polar surface area (TPSA) is 139 Å². The van der Waals surface area contributed by atoms with Gasteiger partial charge in [-0.1, -0.05) is 31.9 Å². The zero-order chi connectivity index (χ0) is 21.2. The number of hydrogen-bond donors (Lipinski definition) is 3. The molecule has 2 fully saturated rings. The minimum atomic E-state index is -3.74. The van der Waals surface area contributed by atoms with E-state index in [0.717, 1.165) is 23.3 Å². The monoisotopic (exact) mass is 422 g/mol. The Hall–Kier alpha value is -2.46. The largest absolute Gasteiger partial charge is 0.354 e. The molecule has 4 amide bonds. The summed E-state index contributed by atoms with van der Waals surface area (Å²) < 4.78 is 22.5. The number of amides is 4. The van der Waals surface area contributed by atoms with E-state index >= 15 is 0 Å². The summed E-state index contributed by atoms with van der Waals surface area (Å²) in [6.45, 7) is 2.04. The van der Waals surface area contributed by atoms with Gasteiger partial charge in [-0.25, -0.2) is 18.4 Å². The fourth-order valence-electron chi connectivity index (χ4n) is 4.07. The summed E-state index contributed by atoms with van der Waals surface area (Å²) in [5.74, 6) is -0.388. The standard InChI is InChI=1S/C19H26N4O5S/c1-13-3-2-9-19(11-13)17(25)23(18(26)22-19)12-16(24)21-10-8-14-4-6-15(7-5-14)29(20,27)28/h4-7,13H,2-3,8-12H2,1H3,(H,21,24)(H,22,26)(H2,20,27,28). The number of carbonyl (C=O) groups is 3. The Labute approximate surface area is 170 Å². The Morgan fingerprint density at radius 3 is 2.62 bits per heavy atom. The number of nitrogens with two attached hydrogens (primary N) is 1. The Bertz CT molecular complexity index is 915. The molecule has 2 aliphatic rings. The van der Waals surface area contributed by atoms with Crippen LogP contribution in [0.2, 0.25) is 0 Å². The zero-order valence-electron chi connectivity index (χ0n) is 16.3. The number of carbonyl (C=O) groups excluding carboxylic acids is 3. The molecule has 0 aromatic heterocycles. The van der Waals surface area contributed by atoms with Gasteiger partial charge >= 0.3 is 6.03 Å². The maximum atomic E-state index is 12.8. The Morgan fingerprint density at radius 1 is 1.31 bits per heavy atom. The van der Waals surface area contributed by atoms with E-state index in [4.69, 9.17) is 5.14 Å². The van der Waals surface area contributed by atoms with Gasteiger partial charge in [0.25, 0.3) is 5.91 Å². The lowest BCUT2D eigenvalue weighted by atomic mass is 9.76. The van der Waals surface area contributed by atoms with E-state index in [1.165, 1.54) is 12.1 Å². The van der Waals surface area contributed by atoms with Crippen LogP contribution in [-0.4, -0.2) is 49.8 Å². The van der Waals surface area contributed by atoms with Crippen LogP contribution in [0.3, 0.4) is 0 Å². The summed E-state index contributed by atoms with van der Waals surface area (Å²) in [6, 6.07) is 5.54. The van der Waals surface area contributed by atoms with E-state index in [1.54, 1.807) is 12.1 Å². The molecule has 2 unspecified atom stereocenters. The van der Waals surface area contributed by atoms with Crippen molar-refractivity contribution in [3.8, 4) is 0 Å². The van der Waals surface area contributed by atoms with E-state index in [1.807, 2.05) is 0 Å². The van der Waals surface area contributed by atoms with Gasteiger partial charge in [-0.2, -0.15) is 0 Å². The SMILES string of the molecule is CC1CCCC2(C1)NC(=O)N(CC(=O)NCCc1ccc(S(N)(=O)=O)cc1)C2=O. The number of nitrogens with zero attached hydrogens (tertiary/aromatic N) is 1. The molecule has 1 saturated heterocycles. The Balaban J connectivity index is 1.50. The molecule has 1 aliphatic carbocycles. The van der Waals surface area contributed by atoms with Crippen molar-refractivity contribution in [3.05, 3.63) is 29.8 Å². The number of benzene rings is 1. The van der Waals surface area contributed by atoms with Crippen LogP contribution in [0, 0.1) is 5.92 Å². The summed E-state index contributed by atoms with van der Waals surface area (Å²) in [5.41, 5.74) is -0.0389. The molecule has 10 heteroatoms. The van der Waals surface area contributed by atoms with Crippen molar-refractivity contribution in [1.29, 1.82) is 0 Å². The highest BCUT2D eigenvalue weighted by Crippen LogP contribution is 2.36. The van der Waals surface area contributed by atoms with E-state index < -0.39 is 27.5 Å². The van der Waals surface area contributed by atoms with Gasteiger partial charge in [-0.05, 0) is 42.9 Å². The van der Waals surface area contributed by atoms with Crippen molar-refractivity contribution in [1.82, 2.24) is 15.5 Å². The third kappa shape index (κ3) is 4.76. The van der Waals surface area contributed by atoms with Crippen LogP contribution >= 0.6 is 0 Å². The van der Waals surface area contributed by atoms with Gasteiger partial charge in [0.2, 0.25) is 15.9 Å². The van der Waals surface area contributed by atoms with Crippen LogP contribution in [0.5, 0.6) is 0 Å². The van der Waals surface area contributed by atoms with E-state index in [9.17, 15) is 22.8 Å². The smallest absolute Gasteiger partial charge is 0.325 e. The molecule has 9 nitrogen and oxygen atoms in total. The van der Waals surface area contributed by atoms with Crippen LogP contribution in [0.4, 0.5) is 4.79 Å². The van der Waals surface area contributed by atoms with Crippen LogP contribution in [-0.2, 0) is 26.0 Å². The molecule has 0 radical (unpaired) electrons. The Morgan fingerprint density at radius 2 is 2.00 bits per heavy atom. The first-order valence-corrected chi connectivity index (χ1v) is 11.2. The average molecular weight is 423 g/mol. The van der Waals surface area contributed by atoms with Crippen LogP contribution in [0.1, 0.15) is 38.2 Å². The Kier molecular flexibility index (Phi) is 5.95. The lowest BCUT2D eigenvalue weighted by molar-refractivity contribution is -0.136. The highest BCUT2D eigenvalue weighted by atomic mass is 32.2. The van der Waals surface area contributed by atoms with E-state index in [0.29, 0.717) is 31.7 Å². The highest BCUT2D eigenvalue weighted by Gasteiger charge is 2.52. The summed E-state index contributed by atoms with van der Waals surface area (Å²) in [5, 5.41) is 10.5. The van der Waals surface area contributed by atoms with Gasteiger partial charge in [0.1, 0.15) is 12.1 Å². The van der Waals surface area contributed by atoms with Crippen molar-refractivity contribution in [2.45, 2.75) is 49.5 Å². The van der Waals surface area contributed by atoms with Gasteiger partial charge in [0, 0.05) is 6.54 Å². The van der Waals surface area contributed by atoms with Gasteiger partial charge in [0.05, 0.1) is 4.90 Å². The van der Waals surface area contributed by atoms with Gasteiger partial charge in [-0.15, -0.1) is 0 Å². The number of primary sulfonamides is 1. The average Bonchev–Trinajstić information content (AvgIpc) is 2.85. The molecule has 3 rings (SSSR count). The van der Waals surface area contributed by atoms with Crippen molar-refractivity contribution in [3.63, 3.8) is 0 Å². The lowest BCUT2D eigenvalue weighted by Gasteiger charge is -2.34. The molecule has 1 aromatic rings. The quantitative estimate of drug-likeness (QED) is 0.573. The third-order valence-electron chi connectivity index (χ3n) is 5.53. The second-order valence-electron chi connectivity index (χ2n) is 7.89. The number of nitrogens with one attached hydrogen (secondary N) is 2. The maximum absolute atomic E-state index is 12.8. The number of sulfonamides is 1. The number of rotatable bonds is 6. The molecule has 2 atom stereocenters. The molecular weight excluding hydrogens is 396 g/mol. The number of urea groups is 1. The van der Waals surface area contributed by atoms with Crippen LogP contribution in [0.15, 0.2) is 29.2 Å². The van der Waals surface area contributed by atoms with Crippen molar-refractivity contribution in [2.24, 2.45) is 11.1 Å². The van der Waals surface area contributed by atoms with Gasteiger partial charge in [-0.3, -0.25) is 14.5 Å². The fraction of sp³-hybridized carbons (Fsp3) is 0.526. The summed E-state index contributed by atoms with van der Waals surface area (Å²) in [6.07, 6.45) is 3.58. The lowest BCUT2D eigenvalue weighted by Crippen LogP contribution is -2.50. The normalized spacial score (nSPS) is 24.6. The molecule has 1 heterocycles. The fourth-order valence-corrected chi connectivity index (χ4v) is 4.59. The van der Waals surface area contributed by atoms with Crippen LogP contribution in [0.25, 0.3) is 0 Å². The minimum Gasteiger partial charge on any atom is -0.354 e. The maximum Gasteiger partial charge on any atom is 0.325 e. The second kappa shape index (κ2) is 8.11. The molecule has 158 valence electrons. The summed E-state index contributed by atoms with van der Waals surface area (Å²) in [4.78, 5) is 38.3. The molecule has 1 spiro atoms. The van der Waals surface area contributed by atoms with Gasteiger partial charge in [0.15, 0.2) is 0 Å². The first-order valence-electron chi connectivity index (χ1n) is 9.63. The number of imide groups is 1. The minimum absolute atomic E-state index is 0.0230. The second-order valence-corrected chi connectivity index (χ2v) is 9.46. The number of hydrogen-bond acceptors (Lipinski definition) is 5. The molecule has 1 saturated carbocycles. The highest BCUT2D eigenvalue weighted by molar-refractivity contribution is 7.89. The molecule has 1 aromatic carbocycles. The van der Waals surface area contributed by atoms with Crippen LogP contribution < -0.4 is 15.8 Å². The van der Waals surface area contributed by atoms with Crippen molar-refractivity contribution in [2.75, 3.05) is 13.1 Å². The molecule has 1 aliphatic heterocycles. The molecule has 29 heavy (non-hydrogen) atoms. The zero-order valence-corrected chi connectivity index (χ0v) is 17.1.